The molecule has 20 atom stereocenters. The van der Waals surface area contributed by atoms with Crippen LogP contribution in [0.15, 0.2) is 78.9 Å². The maximum atomic E-state index is 14.9. The number of thioether (sulfide) groups is 1. The molecule has 0 unspecified atom stereocenters. The number of aliphatic hydroxyl groups is 4. The van der Waals surface area contributed by atoms with Gasteiger partial charge in [-0.2, -0.15) is 0 Å². The van der Waals surface area contributed by atoms with Gasteiger partial charge in [0.15, 0.2) is 24.8 Å². The summed E-state index contributed by atoms with van der Waals surface area (Å²) in [5.74, 6) is -4.30. The highest BCUT2D eigenvalue weighted by Gasteiger charge is 2.54. The van der Waals surface area contributed by atoms with E-state index in [1.165, 1.54) is 32.7 Å². The topological polar surface area (TPSA) is 260 Å². The molecule has 0 bridgehead atoms. The summed E-state index contributed by atoms with van der Waals surface area (Å²) in [6, 6.07) is 22.5. The van der Waals surface area contributed by atoms with Crippen LogP contribution in [0.4, 0.5) is 0 Å². The van der Waals surface area contributed by atoms with Gasteiger partial charge in [0.05, 0.1) is 66.5 Å². The molecule has 3 aromatic carbocycles. The minimum atomic E-state index is -1.86. The average molecular weight is 1300 g/mol. The Morgan fingerprint density at radius 2 is 1.38 bits per heavy atom. The number of likely N-dealkylation sites (N-methyl/N-ethyl adjacent to an activating group) is 2. The van der Waals surface area contributed by atoms with Crippen molar-refractivity contribution in [3.05, 3.63) is 95.6 Å². The molecule has 0 radical (unpaired) electrons. The van der Waals surface area contributed by atoms with Crippen LogP contribution >= 0.6 is 11.8 Å². The Labute approximate surface area is 543 Å². The SMILES string of the molecule is CC[C@@H]1O[C@@H](O[C@H]2[C@H](C)[C@@H](O[C@@H]3O[C@H](C)C[C@H](N(C)C)[C@H]3OC(=O)[C@@H](C)OC(=O)[C@H](CSC(c3ccccc3)(c3ccc(OC)cc3)c3ccc(OC)cc3)NC(C)=O)[C@](C)(O)C[C@@H](C)CN(C)[C@H](C)[C@@H](O)[C@@](O)(CC)[C@@H](CC)OC(=O)[C@@H]2C)C[C@@](C)(OC)[C@H]1O. The summed E-state index contributed by atoms with van der Waals surface area (Å²) in [6.45, 7) is 20.8. The number of ether oxygens (including phenoxy) is 10. The number of cyclic esters (lactones) is 1. The molecule has 3 fully saturated rings. The van der Waals surface area contributed by atoms with Gasteiger partial charge in [-0.3, -0.25) is 9.59 Å². The van der Waals surface area contributed by atoms with E-state index < -0.39 is 143 Å². The highest BCUT2D eigenvalue weighted by atomic mass is 32.2. The average Bonchev–Trinajstić information content (AvgIpc) is 1.01. The number of methoxy groups -OCH3 is 3. The van der Waals surface area contributed by atoms with Crippen molar-refractivity contribution < 1.29 is 87.0 Å². The van der Waals surface area contributed by atoms with Crippen molar-refractivity contribution >= 4 is 35.6 Å². The third-order valence-electron chi connectivity index (χ3n) is 19.0. The summed E-state index contributed by atoms with van der Waals surface area (Å²) in [5, 5.41) is 51.9. The van der Waals surface area contributed by atoms with Crippen molar-refractivity contribution in [2.75, 3.05) is 54.8 Å². The number of nitrogens with zero attached hydrogens (tertiary/aromatic N) is 2. The van der Waals surface area contributed by atoms with Crippen molar-refractivity contribution in [2.24, 2.45) is 17.8 Å². The molecule has 3 heterocycles. The molecule has 21 nitrogen and oxygen atoms in total. The van der Waals surface area contributed by atoms with Gasteiger partial charge in [-0.25, -0.2) is 9.59 Å². The predicted octanol–water partition coefficient (Wildman–Crippen LogP) is 7.41. The number of carbonyl (C=O) groups excluding carboxylic acids is 4. The van der Waals surface area contributed by atoms with E-state index in [1.807, 2.05) is 131 Å². The van der Waals surface area contributed by atoms with Crippen molar-refractivity contribution in [1.29, 1.82) is 0 Å². The Hall–Kier alpha value is -4.95. The van der Waals surface area contributed by atoms with Crippen molar-refractivity contribution in [1.82, 2.24) is 15.1 Å². The van der Waals surface area contributed by atoms with Gasteiger partial charge >= 0.3 is 17.9 Å². The molecule has 0 saturated carbocycles. The summed E-state index contributed by atoms with van der Waals surface area (Å²) in [4.78, 5) is 61.2. The largest absolute Gasteiger partial charge is 0.497 e. The molecular formula is C69H105N3O18S. The number of amides is 1. The van der Waals surface area contributed by atoms with Gasteiger partial charge in [0.1, 0.15) is 41.5 Å². The van der Waals surface area contributed by atoms with Crippen LogP contribution in [0.25, 0.3) is 0 Å². The molecule has 3 aliphatic rings. The van der Waals surface area contributed by atoms with Crippen LogP contribution in [-0.2, 0) is 61.8 Å². The number of rotatable bonds is 22. The molecule has 22 heteroatoms. The van der Waals surface area contributed by atoms with E-state index in [0.29, 0.717) is 30.9 Å². The summed E-state index contributed by atoms with van der Waals surface area (Å²) < 4.78 is 62.1. The standard InChI is InChI=1S/C69H105N3O18S/c1-19-54-60(75)67(12,83-18)37-56(86-54)88-57-42(6)61(66(11,79)36-40(4)38-72(15)44(8)59(74)68(80,21-3)55(20-2)87-62(76)43(57)7)90-65-58(53(71(13)14)35-41(5)84-65)89-63(77)45(9)85-64(78)52(70-46(10)73)39-91-69(47-25-23-22-24-26-47,48-27-31-50(81-16)32-28-48)49-29-33-51(82-17)34-30-49/h22-34,40-45,52-61,65,74-75,79-80H,19-21,35-39H2,1-18H3,(H,70,73)/t40-,41-,42+,43-,44-,45-,52+,53+,54+,55-,56+,57+,58-,59-,60+,61-,65+,66-,67-,68-/m1/s1. The van der Waals surface area contributed by atoms with Gasteiger partial charge in [-0.05, 0) is 142 Å². The van der Waals surface area contributed by atoms with Crippen LogP contribution in [0, 0.1) is 17.8 Å². The van der Waals surface area contributed by atoms with E-state index in [9.17, 15) is 39.6 Å². The Morgan fingerprint density at radius 1 is 0.802 bits per heavy atom. The third kappa shape index (κ3) is 17.5. The molecule has 3 aliphatic heterocycles. The summed E-state index contributed by atoms with van der Waals surface area (Å²) in [7, 11) is 10.1. The fourth-order valence-electron chi connectivity index (χ4n) is 13.5. The second kappa shape index (κ2) is 32.5. The van der Waals surface area contributed by atoms with Gasteiger partial charge in [0, 0.05) is 44.7 Å². The van der Waals surface area contributed by atoms with Crippen molar-refractivity contribution in [3.63, 3.8) is 0 Å². The van der Waals surface area contributed by atoms with Crippen LogP contribution in [0.3, 0.4) is 0 Å². The number of nitrogens with one attached hydrogen (secondary N) is 1. The Balaban J connectivity index is 1.38. The molecule has 3 aromatic rings. The van der Waals surface area contributed by atoms with Crippen molar-refractivity contribution in [3.8, 4) is 11.5 Å². The molecule has 0 spiro atoms. The Kier molecular flexibility index (Phi) is 26.8. The highest BCUT2D eigenvalue weighted by molar-refractivity contribution is 8.00. The van der Waals surface area contributed by atoms with E-state index >= 15 is 0 Å². The van der Waals surface area contributed by atoms with Crippen LogP contribution in [0.1, 0.15) is 138 Å². The predicted molar refractivity (Wildman–Crippen MR) is 345 cm³/mol. The fraction of sp³-hybridized carbons (Fsp3) is 0.681. The molecule has 6 rings (SSSR count). The second-order valence-electron chi connectivity index (χ2n) is 26.1. The van der Waals surface area contributed by atoms with Crippen molar-refractivity contribution in [2.45, 2.75) is 229 Å². The van der Waals surface area contributed by atoms with Crippen LogP contribution in [0.5, 0.6) is 11.5 Å². The maximum absolute atomic E-state index is 14.9. The molecule has 91 heavy (non-hydrogen) atoms. The minimum Gasteiger partial charge on any atom is -0.497 e. The molecule has 5 N–H and O–H groups in total. The number of carbonyl (C=O) groups is 4. The zero-order chi connectivity index (χ0) is 67.5. The van der Waals surface area contributed by atoms with Crippen LogP contribution in [0.2, 0.25) is 0 Å². The zero-order valence-electron chi connectivity index (χ0n) is 56.8. The molecule has 3 saturated heterocycles. The lowest BCUT2D eigenvalue weighted by molar-refractivity contribution is -0.320. The van der Waals surface area contributed by atoms with E-state index in [-0.39, 0.29) is 37.4 Å². The summed E-state index contributed by atoms with van der Waals surface area (Å²) >= 11 is 1.39. The van der Waals surface area contributed by atoms with Crippen LogP contribution < -0.4 is 14.8 Å². The van der Waals surface area contributed by atoms with E-state index in [4.69, 9.17) is 47.4 Å². The number of hydrogen-bond acceptors (Lipinski definition) is 21. The Morgan fingerprint density at radius 3 is 1.90 bits per heavy atom. The lowest BCUT2D eigenvalue weighted by Gasteiger charge is -2.49. The molecule has 1 amide bonds. The first-order valence-corrected chi connectivity index (χ1v) is 33.1. The lowest BCUT2D eigenvalue weighted by Crippen LogP contribution is -2.61. The molecule has 0 aromatic heterocycles. The first-order chi connectivity index (χ1) is 42.9. The van der Waals surface area contributed by atoms with E-state index in [0.717, 1.165) is 16.7 Å². The fourth-order valence-corrected chi connectivity index (χ4v) is 15.1. The maximum Gasteiger partial charge on any atom is 0.347 e. The number of hydrogen-bond donors (Lipinski definition) is 5. The van der Waals surface area contributed by atoms with Gasteiger partial charge in [-0.15, -0.1) is 11.8 Å². The number of esters is 3. The smallest absolute Gasteiger partial charge is 0.347 e. The molecule has 0 aliphatic carbocycles. The Bertz CT molecular complexity index is 2750. The third-order valence-corrected chi connectivity index (χ3v) is 20.7. The van der Waals surface area contributed by atoms with Gasteiger partial charge in [0.25, 0.3) is 0 Å². The summed E-state index contributed by atoms with van der Waals surface area (Å²) in [5.41, 5.74) is -2.22. The van der Waals surface area contributed by atoms with E-state index in [1.54, 1.807) is 62.7 Å². The molecule has 510 valence electrons. The first kappa shape index (κ1) is 75.1. The second-order valence-corrected chi connectivity index (χ2v) is 27.3. The minimum absolute atomic E-state index is 0.0314. The monoisotopic (exact) mass is 1300 g/mol. The number of aliphatic hydroxyl groups excluding tert-OH is 2. The first-order valence-electron chi connectivity index (χ1n) is 32.1. The zero-order valence-corrected chi connectivity index (χ0v) is 57.6. The quantitative estimate of drug-likeness (QED) is 0.0373. The van der Waals surface area contributed by atoms with Gasteiger partial charge < -0.3 is 82.9 Å². The van der Waals surface area contributed by atoms with Gasteiger partial charge in [0.2, 0.25) is 5.91 Å². The lowest BCUT2D eigenvalue weighted by atomic mass is 9.77. The normalized spacial score (nSPS) is 33.9. The number of benzene rings is 3. The van der Waals surface area contributed by atoms with Gasteiger partial charge in [-0.1, -0.05) is 89.2 Å². The highest BCUT2D eigenvalue weighted by Crippen LogP contribution is 2.50. The van der Waals surface area contributed by atoms with Crippen LogP contribution in [-0.4, -0.2) is 211 Å². The summed E-state index contributed by atoms with van der Waals surface area (Å²) in [6.07, 6.45) is -11.4. The van der Waals surface area contributed by atoms with E-state index in [2.05, 4.69) is 5.32 Å². The molecular weight excluding hydrogens is 1190 g/mol.